The van der Waals surface area contributed by atoms with E-state index in [9.17, 15) is 4.79 Å². The van der Waals surface area contributed by atoms with Crippen molar-refractivity contribution in [2.24, 2.45) is 10.4 Å². The molecule has 166 valence electrons. The summed E-state index contributed by atoms with van der Waals surface area (Å²) < 4.78 is 11.5. The highest BCUT2D eigenvalue weighted by molar-refractivity contribution is 8.23. The molecular formula is C22H32N2O3S3. The third kappa shape index (κ3) is 6.89. The van der Waals surface area contributed by atoms with Gasteiger partial charge in [0.1, 0.15) is 21.4 Å². The molecule has 0 aliphatic carbocycles. The lowest BCUT2D eigenvalue weighted by Crippen LogP contribution is -2.47. The molecule has 0 N–H and O–H groups in total. The number of carbonyl (C=O) groups is 1. The molecule has 5 nitrogen and oxygen atoms in total. The monoisotopic (exact) mass is 468 g/mol. The first-order chi connectivity index (χ1) is 14.1. The van der Waals surface area contributed by atoms with Gasteiger partial charge in [-0.05, 0) is 51.2 Å². The van der Waals surface area contributed by atoms with Crippen molar-refractivity contribution < 1.29 is 14.3 Å². The molecule has 2 rings (SSSR count). The van der Waals surface area contributed by atoms with Crippen LogP contribution in [-0.2, 0) is 9.53 Å². The van der Waals surface area contributed by atoms with Crippen molar-refractivity contribution in [3.8, 4) is 5.75 Å². The minimum absolute atomic E-state index is 0.168. The average Bonchev–Trinajstić information content (AvgIpc) is 2.71. The molecule has 0 spiro atoms. The molecule has 1 saturated heterocycles. The predicted molar refractivity (Wildman–Crippen MR) is 133 cm³/mol. The first-order valence-corrected chi connectivity index (χ1v) is 12.5. The Morgan fingerprint density at radius 1 is 1.30 bits per heavy atom. The summed E-state index contributed by atoms with van der Waals surface area (Å²) in [4.78, 5) is 19.1. The summed E-state index contributed by atoms with van der Waals surface area (Å²) in [5.74, 6) is 1.63. The number of aliphatic imine (C=N–C) groups is 1. The Hall–Kier alpha value is -1.25. The number of benzene rings is 1. The van der Waals surface area contributed by atoms with E-state index in [-0.39, 0.29) is 17.1 Å². The van der Waals surface area contributed by atoms with Gasteiger partial charge in [0.15, 0.2) is 5.17 Å². The van der Waals surface area contributed by atoms with E-state index in [0.717, 1.165) is 41.7 Å². The first kappa shape index (κ1) is 25.0. The van der Waals surface area contributed by atoms with Crippen molar-refractivity contribution in [3.63, 3.8) is 0 Å². The van der Waals surface area contributed by atoms with Gasteiger partial charge in [-0.1, -0.05) is 61.7 Å². The number of rotatable bonds is 6. The number of hydrogen-bond acceptors (Lipinski definition) is 7. The first-order valence-electron chi connectivity index (χ1n) is 10.1. The maximum Gasteiger partial charge on any atom is 0.316 e. The highest BCUT2D eigenvalue weighted by atomic mass is 32.2. The summed E-state index contributed by atoms with van der Waals surface area (Å²) in [5.41, 5.74) is 0.435. The molecule has 1 heterocycles. The molecular weight excluding hydrogens is 436 g/mol. The van der Waals surface area contributed by atoms with Crippen LogP contribution in [0.1, 0.15) is 47.5 Å². The van der Waals surface area contributed by atoms with Gasteiger partial charge in [-0.2, -0.15) is 0 Å². The lowest BCUT2D eigenvalue weighted by atomic mass is 9.84. The molecule has 0 bridgehead atoms. The zero-order valence-corrected chi connectivity index (χ0v) is 21.1. The molecule has 0 aromatic heterocycles. The van der Waals surface area contributed by atoms with Gasteiger partial charge in [0.05, 0.1) is 12.9 Å². The number of carbonyl (C=O) groups excluding carboxylic acids is 1. The molecule has 0 saturated carbocycles. The summed E-state index contributed by atoms with van der Waals surface area (Å²) in [6.45, 7) is 10.8. The van der Waals surface area contributed by atoms with Gasteiger partial charge in [-0.15, -0.1) is 0 Å². The van der Waals surface area contributed by atoms with Crippen LogP contribution in [-0.4, -0.2) is 51.1 Å². The van der Waals surface area contributed by atoms with Crippen molar-refractivity contribution in [2.75, 3.05) is 25.2 Å². The number of thioether (sulfide) groups is 2. The van der Waals surface area contributed by atoms with Crippen molar-refractivity contribution in [3.05, 3.63) is 24.3 Å². The summed E-state index contributed by atoms with van der Waals surface area (Å²) in [7, 11) is 1.64. The SMILES string of the molecule is CCC1(CC)CSC(=Nc2ccccc2OC)N(C(=S)SCC(=O)OC(C)(C)C)C1. The van der Waals surface area contributed by atoms with E-state index < -0.39 is 5.60 Å². The maximum absolute atomic E-state index is 12.2. The Morgan fingerprint density at radius 3 is 2.57 bits per heavy atom. The van der Waals surface area contributed by atoms with Gasteiger partial charge in [-0.3, -0.25) is 4.79 Å². The second kappa shape index (κ2) is 10.9. The Labute approximate surface area is 194 Å². The molecule has 1 aromatic rings. The van der Waals surface area contributed by atoms with Crippen molar-refractivity contribution in [2.45, 2.75) is 53.1 Å². The van der Waals surface area contributed by atoms with Crippen molar-refractivity contribution >= 4 is 56.9 Å². The Balaban J connectivity index is 2.24. The number of methoxy groups -OCH3 is 1. The van der Waals surface area contributed by atoms with E-state index in [0.29, 0.717) is 4.32 Å². The second-order valence-corrected chi connectivity index (χ2v) is 10.8. The van der Waals surface area contributed by atoms with Gasteiger partial charge in [0.2, 0.25) is 0 Å². The number of hydrogen-bond donors (Lipinski definition) is 0. The molecule has 8 heteroatoms. The van der Waals surface area contributed by atoms with Gasteiger partial charge in [0, 0.05) is 12.3 Å². The molecule has 1 aliphatic rings. The van der Waals surface area contributed by atoms with Crippen LogP contribution in [0.15, 0.2) is 29.3 Å². The summed E-state index contributed by atoms with van der Waals surface area (Å²) in [6, 6.07) is 7.70. The van der Waals surface area contributed by atoms with Crippen LogP contribution in [0.5, 0.6) is 5.75 Å². The molecule has 1 aromatic carbocycles. The van der Waals surface area contributed by atoms with Crippen molar-refractivity contribution in [1.29, 1.82) is 0 Å². The highest BCUT2D eigenvalue weighted by Crippen LogP contribution is 2.40. The summed E-state index contributed by atoms with van der Waals surface area (Å²) >= 11 is 8.79. The number of esters is 1. The number of para-hydroxylation sites is 2. The molecule has 0 amide bonds. The van der Waals surface area contributed by atoms with Crippen molar-refractivity contribution in [1.82, 2.24) is 4.90 Å². The van der Waals surface area contributed by atoms with Crippen LogP contribution in [0.2, 0.25) is 0 Å². The van der Waals surface area contributed by atoms with Crippen LogP contribution in [0.4, 0.5) is 5.69 Å². The molecule has 0 atom stereocenters. The van der Waals surface area contributed by atoms with E-state index >= 15 is 0 Å². The number of thiocarbonyl (C=S) groups is 1. The fraction of sp³-hybridized carbons (Fsp3) is 0.591. The fourth-order valence-electron chi connectivity index (χ4n) is 3.05. The van der Waals surface area contributed by atoms with E-state index in [1.807, 2.05) is 45.0 Å². The second-order valence-electron chi connectivity index (χ2n) is 8.29. The van der Waals surface area contributed by atoms with Crippen LogP contribution in [0.25, 0.3) is 0 Å². The minimum Gasteiger partial charge on any atom is -0.494 e. The van der Waals surface area contributed by atoms with Gasteiger partial charge >= 0.3 is 5.97 Å². The molecule has 1 aliphatic heterocycles. The quantitative estimate of drug-likeness (QED) is 0.381. The fourth-order valence-corrected chi connectivity index (χ4v) is 5.51. The van der Waals surface area contributed by atoms with E-state index in [1.54, 1.807) is 18.9 Å². The van der Waals surface area contributed by atoms with Crippen LogP contribution >= 0.6 is 35.7 Å². The number of ether oxygens (including phenoxy) is 2. The lowest BCUT2D eigenvalue weighted by molar-refractivity contribution is -0.151. The van der Waals surface area contributed by atoms with Crippen LogP contribution in [0.3, 0.4) is 0 Å². The zero-order valence-electron chi connectivity index (χ0n) is 18.7. The maximum atomic E-state index is 12.2. The third-order valence-electron chi connectivity index (χ3n) is 4.99. The Bertz CT molecular complexity index is 786. The average molecular weight is 469 g/mol. The molecule has 0 unspecified atom stereocenters. The molecule has 1 fully saturated rings. The minimum atomic E-state index is -0.504. The van der Waals surface area contributed by atoms with E-state index in [1.165, 1.54) is 11.8 Å². The summed E-state index contributed by atoms with van der Waals surface area (Å²) in [5, 5.41) is 0.846. The van der Waals surface area contributed by atoms with Crippen LogP contribution < -0.4 is 4.74 Å². The predicted octanol–water partition coefficient (Wildman–Crippen LogP) is 5.90. The Morgan fingerprint density at radius 2 is 1.97 bits per heavy atom. The summed E-state index contributed by atoms with van der Waals surface area (Å²) in [6.07, 6.45) is 2.13. The largest absolute Gasteiger partial charge is 0.494 e. The number of nitrogens with zero attached hydrogens (tertiary/aromatic N) is 2. The van der Waals surface area contributed by atoms with E-state index in [4.69, 9.17) is 26.7 Å². The topological polar surface area (TPSA) is 51.1 Å². The third-order valence-corrected chi connectivity index (χ3v) is 7.73. The number of amidine groups is 1. The highest BCUT2D eigenvalue weighted by Gasteiger charge is 2.37. The van der Waals surface area contributed by atoms with Crippen LogP contribution in [0, 0.1) is 5.41 Å². The Kier molecular flexibility index (Phi) is 9.06. The smallest absolute Gasteiger partial charge is 0.316 e. The molecule has 30 heavy (non-hydrogen) atoms. The van der Waals surface area contributed by atoms with Gasteiger partial charge in [-0.25, -0.2) is 4.99 Å². The van der Waals surface area contributed by atoms with Gasteiger partial charge in [0.25, 0.3) is 0 Å². The van der Waals surface area contributed by atoms with E-state index in [2.05, 4.69) is 18.7 Å². The molecule has 0 radical (unpaired) electrons. The zero-order chi connectivity index (χ0) is 22.4. The van der Waals surface area contributed by atoms with Gasteiger partial charge < -0.3 is 14.4 Å². The lowest BCUT2D eigenvalue weighted by Gasteiger charge is -2.42. The normalized spacial score (nSPS) is 17.7. The standard InChI is InChI=1S/C22H32N2O3S3/c1-7-22(8-2)14-24(20(28)29-13-18(25)27-21(3,4)5)19(30-15-22)23-16-11-9-10-12-17(16)26-6/h9-12H,7-8,13-15H2,1-6H3.